The Kier molecular flexibility index (Phi) is 6.92. The second kappa shape index (κ2) is 8.05. The van der Waals surface area contributed by atoms with E-state index in [2.05, 4.69) is 16.7 Å². The molecule has 0 aromatic heterocycles. The minimum atomic E-state index is 0.300. The molecule has 0 amide bonds. The number of nitrogens with zero attached hydrogens (tertiary/aromatic N) is 2. The van der Waals surface area contributed by atoms with Crippen LogP contribution in [-0.2, 0) is 4.74 Å². The molecule has 0 bridgehead atoms. The highest BCUT2D eigenvalue weighted by Gasteiger charge is 2.11. The van der Waals surface area contributed by atoms with E-state index >= 15 is 0 Å². The van der Waals surface area contributed by atoms with Crippen molar-refractivity contribution in [2.75, 3.05) is 59.1 Å². The van der Waals surface area contributed by atoms with Crippen LogP contribution in [0.25, 0.3) is 0 Å². The van der Waals surface area contributed by atoms with E-state index in [9.17, 15) is 0 Å². The van der Waals surface area contributed by atoms with Crippen molar-refractivity contribution in [2.45, 2.75) is 13.3 Å². The van der Waals surface area contributed by atoms with Gasteiger partial charge in [-0.05, 0) is 13.0 Å². The summed E-state index contributed by atoms with van der Waals surface area (Å²) in [5.41, 5.74) is 0. The average molecular weight is 216 g/mol. The van der Waals surface area contributed by atoms with E-state index in [1.54, 1.807) is 0 Å². The number of aliphatic hydroxyl groups is 1. The van der Waals surface area contributed by atoms with E-state index in [1.807, 2.05) is 0 Å². The number of likely N-dealkylation sites (N-methyl/N-ethyl adjacent to an activating group) is 1. The molecule has 0 spiro atoms. The number of ether oxygens (including phenoxy) is 1. The summed E-state index contributed by atoms with van der Waals surface area (Å²) in [5, 5.41) is 8.77. The maximum Gasteiger partial charge on any atom is 0.0594 e. The van der Waals surface area contributed by atoms with Crippen molar-refractivity contribution in [2.24, 2.45) is 0 Å². The van der Waals surface area contributed by atoms with Crippen LogP contribution in [0.1, 0.15) is 13.3 Å². The quantitative estimate of drug-likeness (QED) is 0.651. The Morgan fingerprint density at radius 3 is 2.60 bits per heavy atom. The van der Waals surface area contributed by atoms with Crippen LogP contribution in [0.3, 0.4) is 0 Å². The van der Waals surface area contributed by atoms with Crippen LogP contribution in [0.4, 0.5) is 0 Å². The lowest BCUT2D eigenvalue weighted by Gasteiger charge is -2.29. The molecule has 1 saturated heterocycles. The third-order valence-corrected chi connectivity index (χ3v) is 2.92. The highest BCUT2D eigenvalue weighted by atomic mass is 16.5. The first-order chi connectivity index (χ1) is 7.36. The van der Waals surface area contributed by atoms with Crippen molar-refractivity contribution < 1.29 is 9.84 Å². The lowest BCUT2D eigenvalue weighted by Crippen LogP contribution is -2.41. The highest BCUT2D eigenvalue weighted by molar-refractivity contribution is 4.65. The van der Waals surface area contributed by atoms with Gasteiger partial charge in [-0.25, -0.2) is 0 Å². The average Bonchev–Trinajstić information content (AvgIpc) is 2.31. The number of hydrogen-bond acceptors (Lipinski definition) is 4. The third-order valence-electron chi connectivity index (χ3n) is 2.92. The van der Waals surface area contributed by atoms with E-state index in [0.717, 1.165) is 58.9 Å². The monoisotopic (exact) mass is 216 g/mol. The summed E-state index contributed by atoms with van der Waals surface area (Å²) >= 11 is 0. The summed E-state index contributed by atoms with van der Waals surface area (Å²) in [6.07, 6.45) is 0.886. The zero-order valence-corrected chi connectivity index (χ0v) is 9.82. The van der Waals surface area contributed by atoms with Gasteiger partial charge in [-0.2, -0.15) is 0 Å². The Hall–Kier alpha value is -0.160. The van der Waals surface area contributed by atoms with E-state index in [4.69, 9.17) is 9.84 Å². The van der Waals surface area contributed by atoms with E-state index in [1.165, 1.54) is 0 Å². The molecule has 1 aliphatic heterocycles. The number of aliphatic hydroxyl groups excluding tert-OH is 1. The molecule has 1 rings (SSSR count). The van der Waals surface area contributed by atoms with Gasteiger partial charge >= 0.3 is 0 Å². The second-order valence-corrected chi connectivity index (χ2v) is 3.97. The van der Waals surface area contributed by atoms with Crippen LogP contribution in [0.5, 0.6) is 0 Å². The molecule has 0 aromatic rings. The van der Waals surface area contributed by atoms with Gasteiger partial charge in [0, 0.05) is 39.3 Å². The molecule has 1 heterocycles. The van der Waals surface area contributed by atoms with E-state index in [0.29, 0.717) is 6.61 Å². The van der Waals surface area contributed by atoms with Gasteiger partial charge in [-0.15, -0.1) is 0 Å². The minimum absolute atomic E-state index is 0.300. The Morgan fingerprint density at radius 1 is 1.27 bits per heavy atom. The van der Waals surface area contributed by atoms with Crippen LogP contribution < -0.4 is 0 Å². The fraction of sp³-hybridized carbons (Fsp3) is 1.00. The van der Waals surface area contributed by atoms with E-state index in [-0.39, 0.29) is 0 Å². The van der Waals surface area contributed by atoms with Crippen molar-refractivity contribution in [1.82, 2.24) is 9.80 Å². The fourth-order valence-corrected chi connectivity index (χ4v) is 1.83. The largest absolute Gasteiger partial charge is 0.396 e. The molecule has 0 radical (unpaired) electrons. The van der Waals surface area contributed by atoms with E-state index < -0.39 is 0 Å². The van der Waals surface area contributed by atoms with Gasteiger partial charge in [0.25, 0.3) is 0 Å². The molecule has 0 aliphatic carbocycles. The summed E-state index contributed by atoms with van der Waals surface area (Å²) in [6, 6.07) is 0. The first-order valence-electron chi connectivity index (χ1n) is 6.00. The first kappa shape index (κ1) is 12.9. The van der Waals surface area contributed by atoms with Crippen molar-refractivity contribution in [1.29, 1.82) is 0 Å². The summed E-state index contributed by atoms with van der Waals surface area (Å²) in [7, 11) is 0. The normalized spacial score (nSPS) is 18.6. The second-order valence-electron chi connectivity index (χ2n) is 3.97. The number of rotatable bonds is 7. The Labute approximate surface area is 92.8 Å². The predicted molar refractivity (Wildman–Crippen MR) is 61.1 cm³/mol. The molecule has 1 N–H and O–H groups in total. The molecule has 1 aliphatic rings. The fourth-order valence-electron chi connectivity index (χ4n) is 1.83. The molecule has 15 heavy (non-hydrogen) atoms. The van der Waals surface area contributed by atoms with Crippen LogP contribution >= 0.6 is 0 Å². The maximum absolute atomic E-state index is 8.77. The van der Waals surface area contributed by atoms with Crippen LogP contribution in [-0.4, -0.2) is 74.0 Å². The van der Waals surface area contributed by atoms with Crippen molar-refractivity contribution in [3.05, 3.63) is 0 Å². The zero-order valence-electron chi connectivity index (χ0n) is 9.82. The molecular weight excluding hydrogens is 192 g/mol. The summed E-state index contributed by atoms with van der Waals surface area (Å²) in [6.45, 7) is 10.7. The first-order valence-corrected chi connectivity index (χ1v) is 6.00. The molecule has 4 nitrogen and oxygen atoms in total. The van der Waals surface area contributed by atoms with Crippen LogP contribution in [0.2, 0.25) is 0 Å². The molecular formula is C11H24N2O2. The van der Waals surface area contributed by atoms with Gasteiger partial charge in [0.1, 0.15) is 0 Å². The maximum atomic E-state index is 8.77. The Balaban J connectivity index is 2.09. The highest BCUT2D eigenvalue weighted by Crippen LogP contribution is 1.98. The molecule has 0 unspecified atom stereocenters. The number of morpholine rings is 1. The van der Waals surface area contributed by atoms with Gasteiger partial charge in [0.2, 0.25) is 0 Å². The molecule has 90 valence electrons. The number of hydrogen-bond donors (Lipinski definition) is 1. The van der Waals surface area contributed by atoms with Crippen LogP contribution in [0.15, 0.2) is 0 Å². The van der Waals surface area contributed by atoms with Crippen molar-refractivity contribution in [3.8, 4) is 0 Å². The van der Waals surface area contributed by atoms with Crippen molar-refractivity contribution >= 4 is 0 Å². The van der Waals surface area contributed by atoms with Gasteiger partial charge in [0.15, 0.2) is 0 Å². The molecule has 0 saturated carbocycles. The topological polar surface area (TPSA) is 35.9 Å². The van der Waals surface area contributed by atoms with Gasteiger partial charge in [0.05, 0.1) is 13.2 Å². The Morgan fingerprint density at radius 2 is 2.00 bits per heavy atom. The molecule has 4 heteroatoms. The lowest BCUT2D eigenvalue weighted by atomic mass is 10.3. The predicted octanol–water partition coefficient (Wildman–Crippen LogP) is 0.0229. The zero-order chi connectivity index (χ0) is 10.9. The van der Waals surface area contributed by atoms with Crippen molar-refractivity contribution in [3.63, 3.8) is 0 Å². The summed E-state index contributed by atoms with van der Waals surface area (Å²) in [4.78, 5) is 4.84. The molecule has 1 fully saturated rings. The summed E-state index contributed by atoms with van der Waals surface area (Å²) in [5.74, 6) is 0. The molecule has 0 atom stereocenters. The SMILES string of the molecule is CCN(CCCO)CCN1CCOCC1. The van der Waals surface area contributed by atoms with Crippen LogP contribution in [0, 0.1) is 0 Å². The smallest absolute Gasteiger partial charge is 0.0594 e. The minimum Gasteiger partial charge on any atom is -0.396 e. The Bertz CT molecular complexity index is 150. The molecule has 0 aromatic carbocycles. The van der Waals surface area contributed by atoms with Gasteiger partial charge in [-0.1, -0.05) is 6.92 Å². The summed E-state index contributed by atoms with van der Waals surface area (Å²) < 4.78 is 5.31. The standard InChI is InChI=1S/C11H24N2O2/c1-2-12(4-3-9-14)5-6-13-7-10-15-11-8-13/h14H,2-11H2,1H3. The van der Waals surface area contributed by atoms with Gasteiger partial charge in [-0.3, -0.25) is 4.90 Å². The third kappa shape index (κ3) is 5.47. The van der Waals surface area contributed by atoms with Gasteiger partial charge < -0.3 is 14.7 Å². The lowest BCUT2D eigenvalue weighted by molar-refractivity contribution is 0.0333.